The van der Waals surface area contributed by atoms with Gasteiger partial charge in [0.2, 0.25) is 0 Å². The Morgan fingerprint density at radius 3 is 2.60 bits per heavy atom. The molecule has 3 N–H and O–H groups in total. The number of carbonyl (C=O) groups is 1. The molecular weight excluding hydrogens is 250 g/mol. The zero-order chi connectivity index (χ0) is 14.0. The predicted molar refractivity (Wildman–Crippen MR) is 78.3 cm³/mol. The number of hydrogen-bond acceptors (Lipinski definition) is 2. The highest BCUT2D eigenvalue weighted by molar-refractivity contribution is 5.94. The van der Waals surface area contributed by atoms with E-state index in [2.05, 4.69) is 19.2 Å². The van der Waals surface area contributed by atoms with Crippen LogP contribution in [-0.4, -0.2) is 16.5 Å². The summed E-state index contributed by atoms with van der Waals surface area (Å²) in [5.41, 5.74) is 7.22. The van der Waals surface area contributed by atoms with Gasteiger partial charge in [-0.1, -0.05) is 0 Å². The molecule has 3 saturated carbocycles. The van der Waals surface area contributed by atoms with Crippen LogP contribution in [0.25, 0.3) is 0 Å². The normalized spacial score (nSPS) is 37.2. The first kappa shape index (κ1) is 12.3. The second-order valence-electron chi connectivity index (χ2n) is 7.15. The molecule has 4 unspecified atom stereocenters. The average molecular weight is 273 g/mol. The summed E-state index contributed by atoms with van der Waals surface area (Å²) in [7, 11) is 0. The van der Waals surface area contributed by atoms with Crippen LogP contribution in [0.5, 0.6) is 0 Å². The largest absolute Gasteiger partial charge is 0.397 e. The van der Waals surface area contributed by atoms with Gasteiger partial charge in [0.1, 0.15) is 5.69 Å². The summed E-state index contributed by atoms with van der Waals surface area (Å²) in [4.78, 5) is 12.5. The average Bonchev–Trinajstić information content (AvgIpc) is 2.81. The lowest BCUT2D eigenvalue weighted by molar-refractivity contribution is 0.0933. The molecule has 0 aromatic carbocycles. The number of amides is 1. The van der Waals surface area contributed by atoms with Crippen LogP contribution in [0, 0.1) is 23.7 Å². The summed E-state index contributed by atoms with van der Waals surface area (Å²) < 4.78 is 1.97. The van der Waals surface area contributed by atoms with Gasteiger partial charge in [0.15, 0.2) is 0 Å². The monoisotopic (exact) mass is 273 g/mol. The van der Waals surface area contributed by atoms with Crippen molar-refractivity contribution in [3.8, 4) is 0 Å². The van der Waals surface area contributed by atoms with Crippen LogP contribution in [0.4, 0.5) is 5.69 Å². The first-order chi connectivity index (χ1) is 9.56. The Kier molecular flexibility index (Phi) is 2.48. The summed E-state index contributed by atoms with van der Waals surface area (Å²) in [5, 5.41) is 3.27. The molecule has 0 spiro atoms. The number of rotatable bonds is 3. The van der Waals surface area contributed by atoms with Gasteiger partial charge >= 0.3 is 0 Å². The number of hydrogen-bond donors (Lipinski definition) is 2. The van der Waals surface area contributed by atoms with Crippen molar-refractivity contribution in [2.75, 3.05) is 5.73 Å². The summed E-state index contributed by atoms with van der Waals surface area (Å²) >= 11 is 0. The van der Waals surface area contributed by atoms with E-state index in [0.717, 1.165) is 23.7 Å². The van der Waals surface area contributed by atoms with Crippen molar-refractivity contribution in [2.45, 2.75) is 45.2 Å². The third-order valence-corrected chi connectivity index (χ3v) is 5.69. The van der Waals surface area contributed by atoms with Crippen LogP contribution < -0.4 is 11.1 Å². The third kappa shape index (κ3) is 1.63. The van der Waals surface area contributed by atoms with Crippen LogP contribution in [-0.2, 0) is 0 Å². The quantitative estimate of drug-likeness (QED) is 0.888. The maximum absolute atomic E-state index is 12.5. The molecule has 4 nitrogen and oxygen atoms in total. The Bertz CT molecular complexity index is 546. The molecule has 4 heteroatoms. The minimum Gasteiger partial charge on any atom is -0.397 e. The Morgan fingerprint density at radius 1 is 1.35 bits per heavy atom. The van der Waals surface area contributed by atoms with Crippen LogP contribution >= 0.6 is 0 Å². The molecule has 1 aromatic rings. The highest BCUT2D eigenvalue weighted by Gasteiger charge is 2.65. The van der Waals surface area contributed by atoms with Crippen LogP contribution in [0.3, 0.4) is 0 Å². The molecule has 0 aliphatic heterocycles. The Hall–Kier alpha value is -1.45. The fourth-order valence-corrected chi connectivity index (χ4v) is 4.85. The molecule has 4 rings (SSSR count). The number of carbonyl (C=O) groups excluding carboxylic acids is 1. The van der Waals surface area contributed by atoms with E-state index in [9.17, 15) is 4.79 Å². The van der Waals surface area contributed by atoms with Crippen molar-refractivity contribution in [3.63, 3.8) is 0 Å². The van der Waals surface area contributed by atoms with Gasteiger partial charge in [0, 0.05) is 18.3 Å². The molecule has 1 aromatic heterocycles. The first-order valence-electron chi connectivity index (χ1n) is 7.84. The van der Waals surface area contributed by atoms with E-state index in [4.69, 9.17) is 5.73 Å². The highest BCUT2D eigenvalue weighted by atomic mass is 16.2. The molecule has 20 heavy (non-hydrogen) atoms. The zero-order valence-electron chi connectivity index (χ0n) is 12.2. The number of fused-ring (bicyclic) bond motifs is 5. The van der Waals surface area contributed by atoms with Gasteiger partial charge in [-0.05, 0) is 62.8 Å². The minimum atomic E-state index is 0.0502. The van der Waals surface area contributed by atoms with E-state index in [1.54, 1.807) is 6.07 Å². The van der Waals surface area contributed by atoms with Crippen LogP contribution in [0.1, 0.15) is 49.6 Å². The Morgan fingerprint density at radius 2 is 2.00 bits per heavy atom. The molecule has 3 aliphatic rings. The smallest absolute Gasteiger partial charge is 0.268 e. The second-order valence-corrected chi connectivity index (χ2v) is 7.15. The zero-order valence-corrected chi connectivity index (χ0v) is 12.2. The van der Waals surface area contributed by atoms with Crippen molar-refractivity contribution in [3.05, 3.63) is 18.0 Å². The third-order valence-electron chi connectivity index (χ3n) is 5.69. The van der Waals surface area contributed by atoms with Gasteiger partial charge in [-0.2, -0.15) is 0 Å². The molecule has 0 saturated heterocycles. The number of nitrogens with zero attached hydrogens (tertiary/aromatic N) is 1. The summed E-state index contributed by atoms with van der Waals surface area (Å²) in [6, 6.07) is 2.48. The molecule has 1 amide bonds. The molecule has 2 bridgehead atoms. The topological polar surface area (TPSA) is 60.0 Å². The lowest BCUT2D eigenvalue weighted by Crippen LogP contribution is -2.31. The fourth-order valence-electron chi connectivity index (χ4n) is 4.85. The van der Waals surface area contributed by atoms with Crippen molar-refractivity contribution >= 4 is 11.6 Å². The molecule has 1 heterocycles. The second kappa shape index (κ2) is 4.03. The van der Waals surface area contributed by atoms with Crippen molar-refractivity contribution < 1.29 is 4.79 Å². The molecule has 3 aliphatic carbocycles. The van der Waals surface area contributed by atoms with Crippen LogP contribution in [0.15, 0.2) is 12.3 Å². The Labute approximate surface area is 119 Å². The van der Waals surface area contributed by atoms with Gasteiger partial charge in [0.25, 0.3) is 5.91 Å². The maximum atomic E-state index is 12.5. The van der Waals surface area contributed by atoms with E-state index < -0.39 is 0 Å². The van der Waals surface area contributed by atoms with Gasteiger partial charge in [0.05, 0.1) is 5.69 Å². The van der Waals surface area contributed by atoms with Crippen LogP contribution in [0.2, 0.25) is 0 Å². The lowest BCUT2D eigenvalue weighted by Gasteiger charge is -2.14. The standard InChI is InChI=1S/C16H23N3O/c1-8(2)19-7-11(17)6-12(19)16(20)18-15-13-9-3-4-10(5-9)14(13)15/h6-10,13-15H,3-5,17H2,1-2H3,(H,18,20). The summed E-state index contributed by atoms with van der Waals surface area (Å²) in [5.74, 6) is 3.37. The number of aromatic nitrogens is 1. The van der Waals surface area contributed by atoms with E-state index in [-0.39, 0.29) is 11.9 Å². The molecular formula is C16H23N3O. The maximum Gasteiger partial charge on any atom is 0.268 e. The Balaban J connectivity index is 1.49. The highest BCUT2D eigenvalue weighted by Crippen LogP contribution is 2.65. The summed E-state index contributed by atoms with van der Waals surface area (Å²) in [6.07, 6.45) is 6.04. The SMILES string of the molecule is CC(C)n1cc(N)cc1C(=O)NC1C2C3CCC(C3)C12. The minimum absolute atomic E-state index is 0.0502. The van der Waals surface area contributed by atoms with E-state index in [1.165, 1.54) is 19.3 Å². The summed E-state index contributed by atoms with van der Waals surface area (Å²) in [6.45, 7) is 4.14. The van der Waals surface area contributed by atoms with Crippen molar-refractivity contribution in [2.24, 2.45) is 23.7 Å². The number of anilines is 1. The number of nitrogens with two attached hydrogens (primary N) is 1. The van der Waals surface area contributed by atoms with Gasteiger partial charge in [-0.25, -0.2) is 0 Å². The van der Waals surface area contributed by atoms with E-state index in [0.29, 0.717) is 17.4 Å². The molecule has 0 radical (unpaired) electrons. The van der Waals surface area contributed by atoms with Gasteiger partial charge in [-0.15, -0.1) is 0 Å². The first-order valence-corrected chi connectivity index (χ1v) is 7.84. The lowest BCUT2D eigenvalue weighted by atomic mass is 10.0. The fraction of sp³-hybridized carbons (Fsp3) is 0.688. The molecule has 108 valence electrons. The van der Waals surface area contributed by atoms with E-state index >= 15 is 0 Å². The predicted octanol–water partition coefficient (Wildman–Crippen LogP) is 2.43. The number of nitrogens with one attached hydrogen (secondary N) is 1. The van der Waals surface area contributed by atoms with Gasteiger partial charge < -0.3 is 15.6 Å². The van der Waals surface area contributed by atoms with Crippen molar-refractivity contribution in [1.82, 2.24) is 9.88 Å². The number of nitrogen functional groups attached to an aromatic ring is 1. The van der Waals surface area contributed by atoms with Gasteiger partial charge in [-0.3, -0.25) is 4.79 Å². The molecule has 3 fully saturated rings. The molecule has 4 atom stereocenters. The van der Waals surface area contributed by atoms with Crippen molar-refractivity contribution in [1.29, 1.82) is 0 Å². The van der Waals surface area contributed by atoms with E-state index in [1.807, 2.05) is 10.8 Å².